The topological polar surface area (TPSA) is 100 Å². The van der Waals surface area contributed by atoms with Crippen molar-refractivity contribution in [1.29, 1.82) is 0 Å². The fourth-order valence-electron chi connectivity index (χ4n) is 3.80. The second-order valence-electron chi connectivity index (χ2n) is 9.05. The maximum atomic E-state index is 12.2. The van der Waals surface area contributed by atoms with Crippen LogP contribution in [0.1, 0.15) is 32.8 Å². The number of anilines is 1. The van der Waals surface area contributed by atoms with E-state index in [-0.39, 0.29) is 17.4 Å². The van der Waals surface area contributed by atoms with Crippen LogP contribution < -0.4 is 16.4 Å². The van der Waals surface area contributed by atoms with Gasteiger partial charge >= 0.3 is 6.03 Å². The number of hydrogen-bond donors (Lipinski definition) is 3. The number of amides is 3. The van der Waals surface area contributed by atoms with Gasteiger partial charge in [0.2, 0.25) is 5.91 Å². The van der Waals surface area contributed by atoms with Gasteiger partial charge in [0, 0.05) is 38.5 Å². The Morgan fingerprint density at radius 3 is 2.57 bits per heavy atom. The van der Waals surface area contributed by atoms with Crippen LogP contribution in [-0.2, 0) is 4.79 Å². The molecule has 7 nitrogen and oxygen atoms in total. The summed E-state index contributed by atoms with van der Waals surface area (Å²) in [6.07, 6.45) is 5.84. The Hall–Kier alpha value is -2.57. The molecule has 1 aliphatic heterocycles. The number of nitrogen functional groups attached to an aromatic ring is 1. The Labute approximate surface area is 166 Å². The molecular formula is C21H31N5O2. The first kappa shape index (κ1) is 20.2. The Morgan fingerprint density at radius 2 is 1.96 bits per heavy atom. The van der Waals surface area contributed by atoms with Gasteiger partial charge < -0.3 is 21.3 Å². The molecule has 1 saturated carbocycles. The van der Waals surface area contributed by atoms with Gasteiger partial charge in [0.05, 0.1) is 0 Å². The van der Waals surface area contributed by atoms with Crippen LogP contribution in [0, 0.1) is 23.2 Å². The van der Waals surface area contributed by atoms with E-state index in [1.165, 1.54) is 6.08 Å². The van der Waals surface area contributed by atoms with Gasteiger partial charge in [0.15, 0.2) is 0 Å². The van der Waals surface area contributed by atoms with E-state index in [1.54, 1.807) is 18.3 Å². The summed E-state index contributed by atoms with van der Waals surface area (Å²) in [7, 11) is 0. The van der Waals surface area contributed by atoms with Crippen molar-refractivity contribution in [3.8, 4) is 0 Å². The second kappa shape index (κ2) is 8.20. The fourth-order valence-corrected chi connectivity index (χ4v) is 3.80. The molecule has 152 valence electrons. The minimum Gasteiger partial charge on any atom is -0.384 e. The zero-order chi connectivity index (χ0) is 20.3. The summed E-state index contributed by atoms with van der Waals surface area (Å²) in [5, 5.41) is 5.95. The van der Waals surface area contributed by atoms with Crippen LogP contribution in [0.4, 0.5) is 10.6 Å². The van der Waals surface area contributed by atoms with Crippen molar-refractivity contribution >= 4 is 23.8 Å². The van der Waals surface area contributed by atoms with E-state index < -0.39 is 0 Å². The van der Waals surface area contributed by atoms with Gasteiger partial charge in [-0.05, 0) is 53.4 Å². The molecule has 2 fully saturated rings. The Morgan fingerprint density at radius 1 is 1.25 bits per heavy atom. The molecule has 1 aromatic heterocycles. The van der Waals surface area contributed by atoms with Crippen molar-refractivity contribution in [2.75, 3.05) is 31.9 Å². The first-order valence-corrected chi connectivity index (χ1v) is 9.93. The van der Waals surface area contributed by atoms with Crippen LogP contribution in [-0.4, -0.2) is 48.0 Å². The van der Waals surface area contributed by atoms with Gasteiger partial charge in [-0.3, -0.25) is 4.79 Å². The highest BCUT2D eigenvalue weighted by Gasteiger charge is 2.55. The number of nitrogens with zero attached hydrogens (tertiary/aromatic N) is 2. The molecule has 0 bridgehead atoms. The summed E-state index contributed by atoms with van der Waals surface area (Å²) in [5.74, 6) is 2.16. The van der Waals surface area contributed by atoms with Crippen molar-refractivity contribution in [1.82, 2.24) is 20.5 Å². The molecule has 3 amide bonds. The number of carbonyl (C=O) groups excluding carboxylic acids is 2. The first-order valence-electron chi connectivity index (χ1n) is 9.93. The van der Waals surface area contributed by atoms with Crippen LogP contribution in [0.15, 0.2) is 24.4 Å². The third-order valence-electron chi connectivity index (χ3n) is 5.44. The molecule has 28 heavy (non-hydrogen) atoms. The molecule has 2 aliphatic rings. The van der Waals surface area contributed by atoms with Crippen LogP contribution >= 0.6 is 0 Å². The number of fused-ring (bicyclic) bond motifs is 1. The lowest BCUT2D eigenvalue weighted by Gasteiger charge is -2.24. The van der Waals surface area contributed by atoms with Gasteiger partial charge in [-0.25, -0.2) is 9.78 Å². The number of piperidine rings is 1. The van der Waals surface area contributed by atoms with Crippen molar-refractivity contribution in [2.24, 2.45) is 23.2 Å². The van der Waals surface area contributed by atoms with Crippen LogP contribution in [0.25, 0.3) is 6.08 Å². The molecule has 0 radical (unpaired) electrons. The number of likely N-dealkylation sites (tertiary alicyclic amines) is 1. The van der Waals surface area contributed by atoms with Crippen LogP contribution in [0.2, 0.25) is 0 Å². The number of hydrogen-bond acceptors (Lipinski definition) is 4. The van der Waals surface area contributed by atoms with Gasteiger partial charge in [0.25, 0.3) is 0 Å². The lowest BCUT2D eigenvalue weighted by atomic mass is 9.97. The van der Waals surface area contributed by atoms with Crippen molar-refractivity contribution in [3.05, 3.63) is 30.0 Å². The smallest absolute Gasteiger partial charge is 0.317 e. The van der Waals surface area contributed by atoms with Crippen molar-refractivity contribution in [2.45, 2.75) is 27.2 Å². The molecule has 7 heteroatoms. The maximum Gasteiger partial charge on any atom is 0.317 e. The number of pyridine rings is 1. The highest BCUT2D eigenvalue weighted by atomic mass is 16.2. The average Bonchev–Trinajstić information content (AvgIpc) is 3.08. The Balaban J connectivity index is 1.31. The summed E-state index contributed by atoms with van der Waals surface area (Å²) in [6.45, 7) is 9.36. The summed E-state index contributed by atoms with van der Waals surface area (Å²) in [5.41, 5.74) is 6.47. The highest BCUT2D eigenvalue weighted by Crippen LogP contribution is 2.53. The molecule has 0 aromatic carbocycles. The molecule has 1 aromatic rings. The van der Waals surface area contributed by atoms with Crippen molar-refractivity contribution in [3.63, 3.8) is 0 Å². The lowest BCUT2D eigenvalue weighted by Crippen LogP contribution is -2.43. The second-order valence-corrected chi connectivity index (χ2v) is 9.05. The Kier molecular flexibility index (Phi) is 5.91. The van der Waals surface area contributed by atoms with E-state index in [2.05, 4.69) is 36.4 Å². The number of rotatable bonds is 6. The average molecular weight is 386 g/mol. The normalized spacial score (nSPS) is 23.5. The van der Waals surface area contributed by atoms with Gasteiger partial charge in [-0.1, -0.05) is 20.8 Å². The molecule has 4 N–H and O–H groups in total. The molecule has 3 atom stereocenters. The maximum absolute atomic E-state index is 12.2. The van der Waals surface area contributed by atoms with E-state index in [1.807, 2.05) is 11.0 Å². The molecule has 0 spiro atoms. The van der Waals surface area contributed by atoms with Gasteiger partial charge in [-0.2, -0.15) is 0 Å². The third-order valence-corrected chi connectivity index (χ3v) is 5.44. The van der Waals surface area contributed by atoms with Gasteiger partial charge in [-0.15, -0.1) is 0 Å². The van der Waals surface area contributed by atoms with E-state index in [0.29, 0.717) is 36.7 Å². The zero-order valence-electron chi connectivity index (χ0n) is 16.9. The number of nitrogens with one attached hydrogen (secondary N) is 2. The Bertz CT molecular complexity index is 726. The summed E-state index contributed by atoms with van der Waals surface area (Å²) >= 11 is 0. The lowest BCUT2D eigenvalue weighted by molar-refractivity contribution is -0.116. The number of aromatic nitrogens is 1. The highest BCUT2D eigenvalue weighted by molar-refractivity contribution is 5.91. The quantitative estimate of drug-likeness (QED) is 0.653. The fraction of sp³-hybridized carbons (Fsp3) is 0.571. The monoisotopic (exact) mass is 385 g/mol. The zero-order valence-corrected chi connectivity index (χ0v) is 16.9. The molecule has 2 heterocycles. The predicted molar refractivity (Wildman–Crippen MR) is 110 cm³/mol. The third kappa shape index (κ3) is 5.47. The number of carbonyl (C=O) groups is 2. The molecule has 1 unspecified atom stereocenters. The van der Waals surface area contributed by atoms with E-state index in [4.69, 9.17) is 5.73 Å². The predicted octanol–water partition coefficient (Wildman–Crippen LogP) is 2.12. The van der Waals surface area contributed by atoms with Crippen LogP contribution in [0.5, 0.6) is 0 Å². The number of nitrogens with two attached hydrogens (primary N) is 1. The molecular weight excluding hydrogens is 354 g/mol. The van der Waals surface area contributed by atoms with E-state index in [9.17, 15) is 9.59 Å². The largest absolute Gasteiger partial charge is 0.384 e. The van der Waals surface area contributed by atoms with E-state index in [0.717, 1.165) is 25.1 Å². The summed E-state index contributed by atoms with van der Waals surface area (Å²) in [6, 6.07) is 3.58. The SMILES string of the molecule is CC(C)(C)CNC(=O)N1C[C@@H]2C(CCNC(=O)/C=C/c3ccc(N)nc3)[C@@H]2C1. The van der Waals surface area contributed by atoms with E-state index >= 15 is 0 Å². The van der Waals surface area contributed by atoms with Gasteiger partial charge in [0.1, 0.15) is 5.82 Å². The molecule has 3 rings (SSSR count). The summed E-state index contributed by atoms with van der Waals surface area (Å²) in [4.78, 5) is 30.1. The van der Waals surface area contributed by atoms with Crippen LogP contribution in [0.3, 0.4) is 0 Å². The summed E-state index contributed by atoms with van der Waals surface area (Å²) < 4.78 is 0. The number of urea groups is 1. The molecule has 1 saturated heterocycles. The minimum absolute atomic E-state index is 0.0523. The molecule has 1 aliphatic carbocycles. The van der Waals surface area contributed by atoms with Crippen molar-refractivity contribution < 1.29 is 9.59 Å². The first-order chi connectivity index (χ1) is 13.2. The minimum atomic E-state index is -0.106. The standard InChI is InChI=1S/C21H31N5O2/c1-21(2,3)13-25-20(28)26-11-16-15(17(16)12-26)8-9-23-19(27)7-5-14-4-6-18(22)24-10-14/h4-7,10,15-17H,8-9,11-13H2,1-3H3,(H2,22,24)(H,23,27)(H,25,28)/b7-5+/t15?,16-,17+.